The van der Waals surface area contributed by atoms with Gasteiger partial charge in [-0.2, -0.15) is 0 Å². The molecule has 1 aromatic heterocycles. The molecule has 1 aliphatic heterocycles. The molecule has 0 spiro atoms. The van der Waals surface area contributed by atoms with Gasteiger partial charge in [0.2, 0.25) is 0 Å². The number of H-pyrrole nitrogens is 1. The molecule has 0 amide bonds. The fraction of sp³-hybridized carbons (Fsp3) is 0.462. The molecule has 4 nitrogen and oxygen atoms in total. The molecule has 1 fully saturated rings. The lowest BCUT2D eigenvalue weighted by atomic mass is 10.3. The molecule has 1 saturated heterocycles. The van der Waals surface area contributed by atoms with Crippen molar-refractivity contribution in [3.8, 4) is 0 Å². The largest absolute Gasteiger partial charge is 0.379 e. The highest BCUT2D eigenvalue weighted by atomic mass is 32.1. The molecule has 1 aromatic carbocycles. The number of imidazole rings is 1. The Morgan fingerprint density at radius 3 is 2.84 bits per heavy atom. The fourth-order valence-corrected chi connectivity index (χ4v) is 2.73. The number of nitrogens with one attached hydrogen (secondary N) is 1. The summed E-state index contributed by atoms with van der Waals surface area (Å²) in [6.45, 7) is 5.14. The maximum Gasteiger partial charge on any atom is 0.178 e. The molecule has 1 aliphatic rings. The summed E-state index contributed by atoms with van der Waals surface area (Å²) in [7, 11) is 0. The monoisotopic (exact) mass is 281 g/mol. The molecular weight excluding hydrogens is 265 g/mol. The van der Waals surface area contributed by atoms with E-state index in [4.69, 9.17) is 17.0 Å². The molecule has 0 atom stereocenters. The predicted molar refractivity (Wildman–Crippen MR) is 74.3 cm³/mol. The van der Waals surface area contributed by atoms with Gasteiger partial charge in [0.05, 0.1) is 18.7 Å². The van der Waals surface area contributed by atoms with Crippen LogP contribution in [0.25, 0.3) is 11.0 Å². The number of rotatable bonds is 3. The quantitative estimate of drug-likeness (QED) is 0.875. The number of nitrogens with zero attached hydrogens (tertiary/aromatic N) is 2. The number of hydrogen-bond acceptors (Lipinski definition) is 3. The zero-order valence-corrected chi connectivity index (χ0v) is 11.4. The van der Waals surface area contributed by atoms with Crippen molar-refractivity contribution < 1.29 is 9.13 Å². The smallest absolute Gasteiger partial charge is 0.178 e. The lowest BCUT2D eigenvalue weighted by molar-refractivity contribution is 0.0365. The number of fused-ring (bicyclic) bond motifs is 1. The van der Waals surface area contributed by atoms with Crippen LogP contribution in [0.5, 0.6) is 0 Å². The first kappa shape index (κ1) is 12.8. The van der Waals surface area contributed by atoms with Crippen LogP contribution in [0.15, 0.2) is 18.2 Å². The van der Waals surface area contributed by atoms with Gasteiger partial charge in [-0.15, -0.1) is 0 Å². The van der Waals surface area contributed by atoms with Crippen molar-refractivity contribution in [3.63, 3.8) is 0 Å². The van der Waals surface area contributed by atoms with Crippen molar-refractivity contribution in [2.75, 3.05) is 32.8 Å². The second-order valence-corrected chi connectivity index (χ2v) is 5.06. The van der Waals surface area contributed by atoms with Crippen LogP contribution in [0.3, 0.4) is 0 Å². The summed E-state index contributed by atoms with van der Waals surface area (Å²) in [6, 6.07) is 5.05. The van der Waals surface area contributed by atoms with Crippen LogP contribution in [0.2, 0.25) is 0 Å². The Labute approximate surface area is 115 Å². The van der Waals surface area contributed by atoms with Crippen LogP contribution >= 0.6 is 12.2 Å². The number of para-hydroxylation sites is 1. The van der Waals surface area contributed by atoms with Crippen molar-refractivity contribution in [1.29, 1.82) is 0 Å². The Bertz CT molecular complexity index is 630. The first-order valence-electron chi connectivity index (χ1n) is 6.43. The standard InChI is InChI=1S/C13H16FN3OS/c14-10-2-1-3-11-12(10)15-13(19)17(11)5-4-16-6-8-18-9-7-16/h1-3H,4-9H2,(H,15,19). The van der Waals surface area contributed by atoms with E-state index in [0.29, 0.717) is 10.3 Å². The van der Waals surface area contributed by atoms with Gasteiger partial charge in [-0.3, -0.25) is 4.90 Å². The van der Waals surface area contributed by atoms with Crippen molar-refractivity contribution in [3.05, 3.63) is 28.8 Å². The SMILES string of the molecule is Fc1cccc2c1[nH]c(=S)n2CCN1CCOCC1. The molecule has 19 heavy (non-hydrogen) atoms. The minimum atomic E-state index is -0.256. The molecule has 0 unspecified atom stereocenters. The zero-order valence-electron chi connectivity index (χ0n) is 10.6. The minimum Gasteiger partial charge on any atom is -0.379 e. The van der Waals surface area contributed by atoms with Crippen LogP contribution < -0.4 is 0 Å². The van der Waals surface area contributed by atoms with E-state index in [1.165, 1.54) is 6.07 Å². The van der Waals surface area contributed by atoms with E-state index in [9.17, 15) is 4.39 Å². The summed E-state index contributed by atoms with van der Waals surface area (Å²) in [5, 5.41) is 0. The Morgan fingerprint density at radius 1 is 1.26 bits per heavy atom. The predicted octanol–water partition coefficient (Wildman–Crippen LogP) is 2.17. The Kier molecular flexibility index (Phi) is 3.63. The lowest BCUT2D eigenvalue weighted by Crippen LogP contribution is -2.38. The highest BCUT2D eigenvalue weighted by Gasteiger charge is 2.12. The zero-order chi connectivity index (χ0) is 13.2. The topological polar surface area (TPSA) is 33.2 Å². The second-order valence-electron chi connectivity index (χ2n) is 4.67. The van der Waals surface area contributed by atoms with Gasteiger partial charge < -0.3 is 14.3 Å². The van der Waals surface area contributed by atoms with E-state index < -0.39 is 0 Å². The van der Waals surface area contributed by atoms with Gasteiger partial charge in [0, 0.05) is 26.2 Å². The molecule has 2 heterocycles. The third-order valence-electron chi connectivity index (χ3n) is 3.50. The Hall–Kier alpha value is -1.24. The molecule has 0 saturated carbocycles. The number of morpholine rings is 1. The summed E-state index contributed by atoms with van der Waals surface area (Å²) in [5.41, 5.74) is 1.33. The first-order chi connectivity index (χ1) is 9.25. The highest BCUT2D eigenvalue weighted by molar-refractivity contribution is 7.71. The van der Waals surface area contributed by atoms with E-state index in [2.05, 4.69) is 9.88 Å². The van der Waals surface area contributed by atoms with E-state index in [1.807, 2.05) is 10.6 Å². The van der Waals surface area contributed by atoms with Crippen molar-refractivity contribution in [2.24, 2.45) is 0 Å². The lowest BCUT2D eigenvalue weighted by Gasteiger charge is -2.26. The molecule has 3 rings (SSSR count). The van der Waals surface area contributed by atoms with Gasteiger partial charge in [-0.25, -0.2) is 4.39 Å². The third-order valence-corrected chi connectivity index (χ3v) is 3.83. The Balaban J connectivity index is 1.82. The molecule has 2 aromatic rings. The van der Waals surface area contributed by atoms with Crippen LogP contribution in [-0.2, 0) is 11.3 Å². The molecule has 0 radical (unpaired) electrons. The van der Waals surface area contributed by atoms with Gasteiger partial charge >= 0.3 is 0 Å². The van der Waals surface area contributed by atoms with Crippen molar-refractivity contribution in [2.45, 2.75) is 6.54 Å². The van der Waals surface area contributed by atoms with Crippen molar-refractivity contribution in [1.82, 2.24) is 14.5 Å². The van der Waals surface area contributed by atoms with E-state index in [1.54, 1.807) is 6.07 Å². The molecular formula is C13H16FN3OS. The van der Waals surface area contributed by atoms with Crippen LogP contribution in [0, 0.1) is 10.6 Å². The normalized spacial score (nSPS) is 17.1. The van der Waals surface area contributed by atoms with Gasteiger partial charge in [0.15, 0.2) is 4.77 Å². The Morgan fingerprint density at radius 2 is 2.05 bits per heavy atom. The summed E-state index contributed by atoms with van der Waals surface area (Å²) >= 11 is 5.28. The molecule has 102 valence electrons. The van der Waals surface area contributed by atoms with Gasteiger partial charge in [0.25, 0.3) is 0 Å². The summed E-state index contributed by atoms with van der Waals surface area (Å²) in [6.07, 6.45) is 0. The van der Waals surface area contributed by atoms with E-state index >= 15 is 0 Å². The number of ether oxygens (including phenoxy) is 1. The number of benzene rings is 1. The van der Waals surface area contributed by atoms with Crippen molar-refractivity contribution >= 4 is 23.3 Å². The fourth-order valence-electron chi connectivity index (χ4n) is 2.43. The maximum atomic E-state index is 13.7. The van der Waals surface area contributed by atoms with Gasteiger partial charge in [-0.1, -0.05) is 6.07 Å². The van der Waals surface area contributed by atoms with Gasteiger partial charge in [0.1, 0.15) is 11.3 Å². The minimum absolute atomic E-state index is 0.256. The first-order valence-corrected chi connectivity index (χ1v) is 6.83. The summed E-state index contributed by atoms with van der Waals surface area (Å²) < 4.78 is 21.5. The van der Waals surface area contributed by atoms with E-state index in [0.717, 1.165) is 44.9 Å². The van der Waals surface area contributed by atoms with Crippen LogP contribution in [0.4, 0.5) is 4.39 Å². The molecule has 6 heteroatoms. The molecule has 1 N–H and O–H groups in total. The molecule has 0 aliphatic carbocycles. The second kappa shape index (κ2) is 5.40. The molecule has 0 bridgehead atoms. The van der Waals surface area contributed by atoms with Crippen LogP contribution in [-0.4, -0.2) is 47.3 Å². The number of aromatic nitrogens is 2. The van der Waals surface area contributed by atoms with Crippen LogP contribution in [0.1, 0.15) is 0 Å². The average Bonchev–Trinajstić information content (AvgIpc) is 2.75. The average molecular weight is 281 g/mol. The highest BCUT2D eigenvalue weighted by Crippen LogP contribution is 2.17. The number of hydrogen-bond donors (Lipinski definition) is 1. The summed E-state index contributed by atoms with van der Waals surface area (Å²) in [5.74, 6) is -0.256. The number of aromatic amines is 1. The van der Waals surface area contributed by atoms with Gasteiger partial charge in [-0.05, 0) is 24.4 Å². The third kappa shape index (κ3) is 2.56. The maximum absolute atomic E-state index is 13.7. The van der Waals surface area contributed by atoms with E-state index in [-0.39, 0.29) is 5.82 Å². The summed E-state index contributed by atoms with van der Waals surface area (Å²) in [4.78, 5) is 5.28. The number of halogens is 1.